The van der Waals surface area contributed by atoms with E-state index in [1.165, 1.54) is 16.7 Å². The van der Waals surface area contributed by atoms with Crippen molar-refractivity contribution < 1.29 is 10.1 Å². The van der Waals surface area contributed by atoms with Gasteiger partial charge in [0.2, 0.25) is 0 Å². The summed E-state index contributed by atoms with van der Waals surface area (Å²) in [5.74, 6) is 0. The van der Waals surface area contributed by atoms with Crippen molar-refractivity contribution >= 4 is 0 Å². The number of rotatable bonds is 8. The zero-order valence-electron chi connectivity index (χ0n) is 11.6. The van der Waals surface area contributed by atoms with Gasteiger partial charge in [-0.25, -0.2) is 4.89 Å². The summed E-state index contributed by atoms with van der Waals surface area (Å²) in [6, 6.07) is 0. The van der Waals surface area contributed by atoms with Gasteiger partial charge in [0.1, 0.15) is 6.61 Å². The highest BCUT2D eigenvalue weighted by molar-refractivity contribution is 5.05. The van der Waals surface area contributed by atoms with Crippen LogP contribution in [0.15, 0.2) is 34.9 Å². The maximum atomic E-state index is 8.21. The quantitative estimate of drug-likeness (QED) is 0.370. The van der Waals surface area contributed by atoms with Gasteiger partial charge in [-0.2, -0.15) is 0 Å². The van der Waals surface area contributed by atoms with Crippen LogP contribution in [0.5, 0.6) is 0 Å². The second-order valence-electron chi connectivity index (χ2n) is 4.76. The van der Waals surface area contributed by atoms with Crippen LogP contribution in [0, 0.1) is 0 Å². The van der Waals surface area contributed by atoms with Crippen LogP contribution < -0.4 is 0 Å². The third-order valence-corrected chi connectivity index (χ3v) is 2.63. The Hall–Kier alpha value is -0.860. The summed E-state index contributed by atoms with van der Waals surface area (Å²) in [7, 11) is 0. The molecule has 0 aliphatic rings. The Morgan fingerprint density at radius 2 is 1.41 bits per heavy atom. The minimum atomic E-state index is 0.287. The van der Waals surface area contributed by atoms with E-state index in [-0.39, 0.29) is 6.61 Å². The van der Waals surface area contributed by atoms with Gasteiger partial charge >= 0.3 is 0 Å². The summed E-state index contributed by atoms with van der Waals surface area (Å²) in [6.07, 6.45) is 10.9. The zero-order chi connectivity index (χ0) is 13.1. The van der Waals surface area contributed by atoms with Gasteiger partial charge in [-0.3, -0.25) is 5.26 Å². The summed E-state index contributed by atoms with van der Waals surface area (Å²) in [6.45, 7) is 8.81. The highest BCUT2D eigenvalue weighted by atomic mass is 17.1. The average molecular weight is 238 g/mol. The molecule has 0 aromatic heterocycles. The van der Waals surface area contributed by atoms with Crippen LogP contribution in [-0.2, 0) is 4.89 Å². The highest BCUT2D eigenvalue weighted by Gasteiger charge is 1.91. The van der Waals surface area contributed by atoms with E-state index in [1.54, 1.807) is 0 Å². The fourth-order valence-corrected chi connectivity index (χ4v) is 1.52. The van der Waals surface area contributed by atoms with Crippen LogP contribution in [-0.4, -0.2) is 11.9 Å². The molecule has 0 rings (SSSR count). The van der Waals surface area contributed by atoms with Crippen LogP contribution in [0.3, 0.4) is 0 Å². The molecule has 0 aromatic rings. The smallest absolute Gasteiger partial charge is 0.100 e. The first-order valence-electron chi connectivity index (χ1n) is 6.27. The van der Waals surface area contributed by atoms with E-state index in [9.17, 15) is 0 Å². The second kappa shape index (κ2) is 10.3. The van der Waals surface area contributed by atoms with E-state index < -0.39 is 0 Å². The number of hydrogen-bond donors (Lipinski definition) is 1. The summed E-state index contributed by atoms with van der Waals surface area (Å²) >= 11 is 0. The van der Waals surface area contributed by atoms with Crippen molar-refractivity contribution in [2.45, 2.75) is 53.4 Å². The maximum absolute atomic E-state index is 8.21. The minimum Gasteiger partial charge on any atom is -0.252 e. The van der Waals surface area contributed by atoms with Crippen molar-refractivity contribution in [2.24, 2.45) is 0 Å². The van der Waals surface area contributed by atoms with Gasteiger partial charge < -0.3 is 0 Å². The topological polar surface area (TPSA) is 29.5 Å². The minimum absolute atomic E-state index is 0.287. The molecule has 2 heteroatoms. The molecular formula is C15H26O2. The van der Waals surface area contributed by atoms with Crippen molar-refractivity contribution in [1.82, 2.24) is 0 Å². The molecule has 0 fully saturated rings. The molecule has 1 N–H and O–H groups in total. The van der Waals surface area contributed by atoms with Gasteiger partial charge in [-0.05, 0) is 53.4 Å². The largest absolute Gasteiger partial charge is 0.252 e. The summed E-state index contributed by atoms with van der Waals surface area (Å²) in [5.41, 5.74) is 4.10. The molecule has 0 heterocycles. The predicted octanol–water partition coefficient (Wildman–Crippen LogP) is 4.90. The average Bonchev–Trinajstić information content (AvgIpc) is 2.25. The van der Waals surface area contributed by atoms with E-state index >= 15 is 0 Å². The molecule has 0 radical (unpaired) electrons. The predicted molar refractivity (Wildman–Crippen MR) is 74.0 cm³/mol. The van der Waals surface area contributed by atoms with Crippen LogP contribution in [0.1, 0.15) is 53.4 Å². The first kappa shape index (κ1) is 16.1. The summed E-state index contributed by atoms with van der Waals surface area (Å²) in [5, 5.41) is 8.21. The molecule has 0 spiro atoms. The second-order valence-corrected chi connectivity index (χ2v) is 4.76. The SMILES string of the molecule is CC(C)=CCCC(C)=CCCC(C)=CCOO. The first-order valence-corrected chi connectivity index (χ1v) is 6.27. The normalized spacial score (nSPS) is 12.8. The van der Waals surface area contributed by atoms with Crippen molar-refractivity contribution in [2.75, 3.05) is 6.61 Å². The Balaban J connectivity index is 3.80. The molecule has 0 unspecified atom stereocenters. The first-order chi connectivity index (χ1) is 8.06. The Bertz CT molecular complexity index is 281. The third-order valence-electron chi connectivity index (χ3n) is 2.63. The molecule has 0 atom stereocenters. The molecule has 0 bridgehead atoms. The van der Waals surface area contributed by atoms with Gasteiger partial charge in [0, 0.05) is 0 Å². The van der Waals surface area contributed by atoms with E-state index in [4.69, 9.17) is 5.26 Å². The van der Waals surface area contributed by atoms with Gasteiger partial charge in [0.05, 0.1) is 0 Å². The van der Waals surface area contributed by atoms with Crippen LogP contribution in [0.25, 0.3) is 0 Å². The van der Waals surface area contributed by atoms with Gasteiger partial charge in [0.15, 0.2) is 0 Å². The Labute approximate surface area is 106 Å². The Morgan fingerprint density at radius 1 is 0.882 bits per heavy atom. The van der Waals surface area contributed by atoms with Crippen molar-refractivity contribution in [1.29, 1.82) is 0 Å². The lowest BCUT2D eigenvalue weighted by atomic mass is 10.1. The third kappa shape index (κ3) is 11.4. The standard InChI is InChI=1S/C15H26O2/c1-13(2)7-5-8-14(3)9-6-10-15(4)11-12-17-16/h7,9,11,16H,5-6,8,10,12H2,1-4H3. The lowest BCUT2D eigenvalue weighted by molar-refractivity contribution is -0.232. The van der Waals surface area contributed by atoms with Gasteiger partial charge in [-0.15, -0.1) is 0 Å². The van der Waals surface area contributed by atoms with Crippen LogP contribution in [0.4, 0.5) is 0 Å². The van der Waals surface area contributed by atoms with E-state index in [1.807, 2.05) is 6.08 Å². The molecule has 0 saturated heterocycles. The lowest BCUT2D eigenvalue weighted by Crippen LogP contribution is -1.86. The summed E-state index contributed by atoms with van der Waals surface area (Å²) in [4.78, 5) is 4.02. The Kier molecular flexibility index (Phi) is 9.78. The van der Waals surface area contributed by atoms with E-state index in [0.29, 0.717) is 0 Å². The van der Waals surface area contributed by atoms with Crippen molar-refractivity contribution in [3.63, 3.8) is 0 Å². The molecule has 0 amide bonds. The lowest BCUT2D eigenvalue weighted by Gasteiger charge is -2.01. The fourth-order valence-electron chi connectivity index (χ4n) is 1.52. The zero-order valence-corrected chi connectivity index (χ0v) is 11.6. The molecule has 0 aliphatic carbocycles. The molecular weight excluding hydrogens is 212 g/mol. The molecule has 17 heavy (non-hydrogen) atoms. The summed E-state index contributed by atoms with van der Waals surface area (Å²) < 4.78 is 0. The van der Waals surface area contributed by atoms with Crippen molar-refractivity contribution in [3.8, 4) is 0 Å². The van der Waals surface area contributed by atoms with Gasteiger partial charge in [-0.1, -0.05) is 34.9 Å². The Morgan fingerprint density at radius 3 is 1.94 bits per heavy atom. The molecule has 0 aromatic carbocycles. The highest BCUT2D eigenvalue weighted by Crippen LogP contribution is 2.11. The van der Waals surface area contributed by atoms with Gasteiger partial charge in [0.25, 0.3) is 0 Å². The fraction of sp³-hybridized carbons (Fsp3) is 0.600. The van der Waals surface area contributed by atoms with Crippen molar-refractivity contribution in [3.05, 3.63) is 34.9 Å². The molecule has 0 saturated carbocycles. The number of hydrogen-bond acceptors (Lipinski definition) is 2. The van der Waals surface area contributed by atoms with Crippen LogP contribution >= 0.6 is 0 Å². The molecule has 2 nitrogen and oxygen atoms in total. The van der Waals surface area contributed by atoms with E-state index in [0.717, 1.165) is 25.7 Å². The molecule has 0 aliphatic heterocycles. The van der Waals surface area contributed by atoms with Crippen LogP contribution in [0.2, 0.25) is 0 Å². The molecule has 98 valence electrons. The van der Waals surface area contributed by atoms with E-state index in [2.05, 4.69) is 44.7 Å². The monoisotopic (exact) mass is 238 g/mol. The maximum Gasteiger partial charge on any atom is 0.100 e. The number of allylic oxidation sites excluding steroid dienone is 5.